The van der Waals surface area contributed by atoms with Crippen LogP contribution in [0, 0.1) is 0 Å². The van der Waals surface area contributed by atoms with Crippen molar-refractivity contribution in [3.63, 3.8) is 0 Å². The molecule has 0 amide bonds. The topological polar surface area (TPSA) is 38.1 Å². The fourth-order valence-corrected chi connectivity index (χ4v) is 1.98. The van der Waals surface area contributed by atoms with Gasteiger partial charge in [0.2, 0.25) is 0 Å². The molecule has 4 heteroatoms. The zero-order valence-electron chi connectivity index (χ0n) is 10.6. The summed E-state index contributed by atoms with van der Waals surface area (Å²) in [5.41, 5.74) is 2.21. The van der Waals surface area contributed by atoms with Crippen molar-refractivity contribution in [1.29, 1.82) is 0 Å². The van der Waals surface area contributed by atoms with Crippen LogP contribution in [0.3, 0.4) is 0 Å². The number of hydrogen-bond donors (Lipinski definition) is 1. The molecule has 0 aliphatic heterocycles. The molecule has 1 unspecified atom stereocenters. The first-order chi connectivity index (χ1) is 8.67. The molecule has 0 radical (unpaired) electrons. The van der Waals surface area contributed by atoms with Crippen molar-refractivity contribution in [3.05, 3.63) is 52.1 Å². The summed E-state index contributed by atoms with van der Waals surface area (Å²) >= 11 is 3.42. The molecule has 1 aromatic carbocycles. The van der Waals surface area contributed by atoms with Crippen LogP contribution < -0.4 is 5.32 Å². The summed E-state index contributed by atoms with van der Waals surface area (Å²) in [4.78, 5) is 4.50. The van der Waals surface area contributed by atoms with Crippen LogP contribution >= 0.6 is 15.9 Å². The Hall–Kier alpha value is -1.13. The van der Waals surface area contributed by atoms with Crippen molar-refractivity contribution < 1.29 is 4.42 Å². The molecule has 0 bridgehead atoms. The monoisotopic (exact) mass is 308 g/mol. The molecular formula is C14H17BrN2O. The second-order valence-corrected chi connectivity index (χ2v) is 5.35. The van der Waals surface area contributed by atoms with Crippen molar-refractivity contribution >= 4 is 15.9 Å². The molecule has 18 heavy (non-hydrogen) atoms. The van der Waals surface area contributed by atoms with Gasteiger partial charge in [0.25, 0.3) is 0 Å². The van der Waals surface area contributed by atoms with E-state index < -0.39 is 0 Å². The molecule has 2 aromatic rings. The van der Waals surface area contributed by atoms with Crippen LogP contribution in [0.2, 0.25) is 0 Å². The Bertz CT molecular complexity index is 493. The molecule has 1 aromatic heterocycles. The molecule has 0 saturated heterocycles. The van der Waals surface area contributed by atoms with E-state index in [2.05, 4.69) is 45.3 Å². The summed E-state index contributed by atoms with van der Waals surface area (Å²) in [5, 5.41) is 3.19. The van der Waals surface area contributed by atoms with E-state index in [9.17, 15) is 0 Å². The predicted molar refractivity (Wildman–Crippen MR) is 75.7 cm³/mol. The summed E-state index contributed by atoms with van der Waals surface area (Å²) in [6.07, 6.45) is 3.38. The van der Waals surface area contributed by atoms with E-state index in [0.29, 0.717) is 6.04 Å². The van der Waals surface area contributed by atoms with E-state index in [1.54, 1.807) is 6.26 Å². The van der Waals surface area contributed by atoms with Gasteiger partial charge in [0.1, 0.15) is 6.26 Å². The number of likely N-dealkylation sites (N-methyl/N-ethyl adjacent to an activating group) is 1. The number of nitrogens with zero attached hydrogens (tertiary/aromatic N) is 1. The number of halogens is 1. The lowest BCUT2D eigenvalue weighted by molar-refractivity contribution is 0.505. The Labute approximate surface area is 116 Å². The minimum absolute atomic E-state index is 0.413. The summed E-state index contributed by atoms with van der Waals surface area (Å²) in [7, 11) is 1.95. The number of nitrogens with one attached hydrogen (secondary N) is 1. The molecule has 1 heterocycles. The predicted octanol–water partition coefficient (Wildman–Crippen LogP) is 3.18. The van der Waals surface area contributed by atoms with Crippen molar-refractivity contribution in [3.8, 4) is 0 Å². The highest BCUT2D eigenvalue weighted by Gasteiger charge is 2.07. The van der Waals surface area contributed by atoms with Gasteiger partial charge < -0.3 is 9.73 Å². The van der Waals surface area contributed by atoms with Gasteiger partial charge in [-0.2, -0.15) is 0 Å². The van der Waals surface area contributed by atoms with Gasteiger partial charge in [-0.15, -0.1) is 0 Å². The average molecular weight is 309 g/mol. The number of rotatable bonds is 5. The summed E-state index contributed by atoms with van der Waals surface area (Å²) in [5.74, 6) is 0.774. The first-order valence-electron chi connectivity index (χ1n) is 6.02. The highest BCUT2D eigenvalue weighted by atomic mass is 79.9. The maximum Gasteiger partial charge on any atom is 0.198 e. The van der Waals surface area contributed by atoms with Crippen LogP contribution in [-0.2, 0) is 12.8 Å². The standard InChI is InChI=1S/C14H17BrN2O/c1-10(16-2)7-13-9-18-14(17-13)8-11-3-5-12(15)6-4-11/h3-6,9-10,16H,7-8H2,1-2H3. The Morgan fingerprint density at radius 2 is 2.06 bits per heavy atom. The molecule has 0 aliphatic carbocycles. The molecular weight excluding hydrogens is 292 g/mol. The minimum atomic E-state index is 0.413. The van der Waals surface area contributed by atoms with Crippen LogP contribution in [0.5, 0.6) is 0 Å². The second kappa shape index (κ2) is 6.16. The zero-order valence-corrected chi connectivity index (χ0v) is 12.2. The molecule has 1 N–H and O–H groups in total. The Kier molecular flexibility index (Phi) is 4.55. The minimum Gasteiger partial charge on any atom is -0.448 e. The fourth-order valence-electron chi connectivity index (χ4n) is 1.72. The highest BCUT2D eigenvalue weighted by molar-refractivity contribution is 9.10. The number of oxazole rings is 1. The van der Waals surface area contributed by atoms with Crippen LogP contribution in [0.15, 0.2) is 39.4 Å². The number of hydrogen-bond acceptors (Lipinski definition) is 3. The normalized spacial score (nSPS) is 12.6. The third-order valence-corrected chi connectivity index (χ3v) is 3.40. The van der Waals surface area contributed by atoms with E-state index in [0.717, 1.165) is 28.9 Å². The Morgan fingerprint density at radius 3 is 2.72 bits per heavy atom. The van der Waals surface area contributed by atoms with Gasteiger partial charge in [-0.1, -0.05) is 28.1 Å². The molecule has 0 spiro atoms. The third-order valence-electron chi connectivity index (χ3n) is 2.88. The van der Waals surface area contributed by atoms with Crippen molar-refractivity contribution in [2.45, 2.75) is 25.8 Å². The van der Waals surface area contributed by atoms with Gasteiger partial charge >= 0.3 is 0 Å². The Balaban J connectivity index is 2.00. The first kappa shape index (κ1) is 13.3. The van der Waals surface area contributed by atoms with E-state index in [1.807, 2.05) is 19.2 Å². The van der Waals surface area contributed by atoms with Crippen molar-refractivity contribution in [2.24, 2.45) is 0 Å². The lowest BCUT2D eigenvalue weighted by Crippen LogP contribution is -2.23. The molecule has 96 valence electrons. The highest BCUT2D eigenvalue weighted by Crippen LogP contribution is 2.14. The molecule has 0 aliphatic rings. The SMILES string of the molecule is CNC(C)Cc1coc(Cc2ccc(Br)cc2)n1. The quantitative estimate of drug-likeness (QED) is 0.922. The summed E-state index contributed by atoms with van der Waals surface area (Å²) in [6, 6.07) is 8.62. The van der Waals surface area contributed by atoms with Crippen molar-refractivity contribution in [2.75, 3.05) is 7.05 Å². The average Bonchev–Trinajstić information content (AvgIpc) is 2.79. The smallest absolute Gasteiger partial charge is 0.198 e. The fraction of sp³-hybridized carbons (Fsp3) is 0.357. The van der Waals surface area contributed by atoms with Crippen LogP contribution in [0.1, 0.15) is 24.1 Å². The van der Waals surface area contributed by atoms with Gasteiger partial charge in [0.15, 0.2) is 5.89 Å². The molecule has 2 rings (SSSR count). The van der Waals surface area contributed by atoms with Crippen LogP contribution in [-0.4, -0.2) is 18.1 Å². The van der Waals surface area contributed by atoms with Gasteiger partial charge in [0.05, 0.1) is 5.69 Å². The first-order valence-corrected chi connectivity index (χ1v) is 6.81. The van der Waals surface area contributed by atoms with E-state index in [4.69, 9.17) is 4.42 Å². The molecule has 3 nitrogen and oxygen atoms in total. The maximum atomic E-state index is 5.49. The lowest BCUT2D eigenvalue weighted by Gasteiger charge is -2.05. The van der Waals surface area contributed by atoms with Gasteiger partial charge in [-0.3, -0.25) is 0 Å². The third kappa shape index (κ3) is 3.68. The summed E-state index contributed by atoms with van der Waals surface area (Å²) < 4.78 is 6.58. The largest absolute Gasteiger partial charge is 0.448 e. The second-order valence-electron chi connectivity index (χ2n) is 4.43. The lowest BCUT2D eigenvalue weighted by atomic mass is 10.1. The van der Waals surface area contributed by atoms with Crippen molar-refractivity contribution in [1.82, 2.24) is 10.3 Å². The molecule has 1 atom stereocenters. The van der Waals surface area contributed by atoms with Gasteiger partial charge in [-0.25, -0.2) is 4.98 Å². The van der Waals surface area contributed by atoms with Gasteiger partial charge in [-0.05, 0) is 31.7 Å². The molecule has 0 fully saturated rings. The number of aromatic nitrogens is 1. The maximum absolute atomic E-state index is 5.49. The molecule has 0 saturated carbocycles. The Morgan fingerprint density at radius 1 is 1.33 bits per heavy atom. The number of benzene rings is 1. The zero-order chi connectivity index (χ0) is 13.0. The van der Waals surface area contributed by atoms with Crippen LogP contribution in [0.4, 0.5) is 0 Å². The van der Waals surface area contributed by atoms with E-state index in [-0.39, 0.29) is 0 Å². The summed E-state index contributed by atoms with van der Waals surface area (Å²) in [6.45, 7) is 2.13. The van der Waals surface area contributed by atoms with E-state index in [1.165, 1.54) is 5.56 Å². The van der Waals surface area contributed by atoms with E-state index >= 15 is 0 Å². The van der Waals surface area contributed by atoms with Gasteiger partial charge in [0, 0.05) is 23.4 Å². The van der Waals surface area contributed by atoms with Crippen LogP contribution in [0.25, 0.3) is 0 Å².